The maximum absolute atomic E-state index is 13.5. The number of amides is 1. The van der Waals surface area contributed by atoms with E-state index in [9.17, 15) is 9.18 Å². The van der Waals surface area contributed by atoms with Gasteiger partial charge in [0.1, 0.15) is 0 Å². The lowest BCUT2D eigenvalue weighted by molar-refractivity contribution is -0.125. The number of rotatable bonds is 7. The first-order valence-electron chi connectivity index (χ1n) is 6.17. The van der Waals surface area contributed by atoms with Gasteiger partial charge in [-0.2, -0.15) is 4.98 Å². The van der Waals surface area contributed by atoms with Crippen molar-refractivity contribution in [2.24, 2.45) is 11.1 Å². The summed E-state index contributed by atoms with van der Waals surface area (Å²) in [6, 6.07) is 0. The molecule has 19 heavy (non-hydrogen) atoms. The first-order chi connectivity index (χ1) is 8.86. The summed E-state index contributed by atoms with van der Waals surface area (Å²) in [5.41, 5.74) is 4.47. The topological polar surface area (TPSA) is 92.9 Å². The zero-order chi connectivity index (χ0) is 14.5. The quantitative estimate of drug-likeness (QED) is 0.695. The van der Waals surface area contributed by atoms with Gasteiger partial charge in [0.25, 0.3) is 0 Å². The number of anilines is 2. The van der Waals surface area contributed by atoms with E-state index in [0.29, 0.717) is 12.5 Å². The van der Waals surface area contributed by atoms with E-state index in [1.54, 1.807) is 13.8 Å². The van der Waals surface area contributed by atoms with Gasteiger partial charge in [-0.1, -0.05) is 6.92 Å². The SMILES string of the molecule is CCCNc1ncc(F)c(NCC(C)(C)C(N)=O)n1. The van der Waals surface area contributed by atoms with Gasteiger partial charge in [0, 0.05) is 13.1 Å². The largest absolute Gasteiger partial charge is 0.369 e. The highest BCUT2D eigenvalue weighted by atomic mass is 19.1. The molecule has 1 aromatic rings. The molecule has 6 nitrogen and oxygen atoms in total. The minimum absolute atomic E-state index is 0.0583. The third-order valence-electron chi connectivity index (χ3n) is 2.64. The van der Waals surface area contributed by atoms with E-state index in [1.807, 2.05) is 6.92 Å². The molecule has 0 aliphatic heterocycles. The zero-order valence-corrected chi connectivity index (χ0v) is 11.5. The monoisotopic (exact) mass is 269 g/mol. The van der Waals surface area contributed by atoms with Crippen molar-refractivity contribution in [1.29, 1.82) is 0 Å². The van der Waals surface area contributed by atoms with Gasteiger partial charge in [-0.05, 0) is 20.3 Å². The number of nitrogens with one attached hydrogen (secondary N) is 2. The van der Waals surface area contributed by atoms with E-state index in [-0.39, 0.29) is 12.4 Å². The number of halogens is 1. The molecular formula is C12H20FN5O. The number of carbonyl (C=O) groups is 1. The van der Waals surface area contributed by atoms with E-state index < -0.39 is 17.1 Å². The number of carbonyl (C=O) groups excluding carboxylic acids is 1. The highest BCUT2D eigenvalue weighted by molar-refractivity contribution is 5.80. The van der Waals surface area contributed by atoms with Crippen LogP contribution in [0.4, 0.5) is 16.2 Å². The molecule has 0 aromatic carbocycles. The Balaban J connectivity index is 2.74. The van der Waals surface area contributed by atoms with Gasteiger partial charge in [-0.15, -0.1) is 0 Å². The predicted octanol–water partition coefficient (Wildman–Crippen LogP) is 1.36. The lowest BCUT2D eigenvalue weighted by Crippen LogP contribution is -2.37. The molecule has 0 aliphatic carbocycles. The molecule has 1 heterocycles. The Morgan fingerprint density at radius 3 is 2.74 bits per heavy atom. The summed E-state index contributed by atoms with van der Waals surface area (Å²) in [5, 5.41) is 5.75. The lowest BCUT2D eigenvalue weighted by atomic mass is 9.93. The summed E-state index contributed by atoms with van der Waals surface area (Å²) in [6.07, 6.45) is 2.00. The van der Waals surface area contributed by atoms with E-state index in [1.165, 1.54) is 0 Å². The molecular weight excluding hydrogens is 249 g/mol. The van der Waals surface area contributed by atoms with Gasteiger partial charge in [-0.3, -0.25) is 4.79 Å². The molecule has 1 rings (SSSR count). The summed E-state index contributed by atoms with van der Waals surface area (Å²) in [4.78, 5) is 19.0. The molecule has 0 bridgehead atoms. The summed E-state index contributed by atoms with van der Waals surface area (Å²) in [5.74, 6) is -0.619. The molecule has 0 atom stereocenters. The Morgan fingerprint density at radius 1 is 1.47 bits per heavy atom. The van der Waals surface area contributed by atoms with Crippen molar-refractivity contribution < 1.29 is 9.18 Å². The van der Waals surface area contributed by atoms with Crippen LogP contribution >= 0.6 is 0 Å². The molecule has 0 spiro atoms. The molecule has 1 aromatic heterocycles. The molecule has 0 fully saturated rings. The van der Waals surface area contributed by atoms with E-state index in [2.05, 4.69) is 20.6 Å². The van der Waals surface area contributed by atoms with Crippen LogP contribution in [-0.4, -0.2) is 29.0 Å². The predicted molar refractivity (Wildman–Crippen MR) is 72.2 cm³/mol. The zero-order valence-electron chi connectivity index (χ0n) is 11.5. The fourth-order valence-corrected chi connectivity index (χ4v) is 1.20. The van der Waals surface area contributed by atoms with Gasteiger partial charge in [-0.25, -0.2) is 9.37 Å². The summed E-state index contributed by atoms with van der Waals surface area (Å²) < 4.78 is 13.5. The normalized spacial score (nSPS) is 11.2. The lowest BCUT2D eigenvalue weighted by Gasteiger charge is -2.21. The van der Waals surface area contributed by atoms with Crippen LogP contribution in [0.1, 0.15) is 27.2 Å². The van der Waals surface area contributed by atoms with E-state index >= 15 is 0 Å². The molecule has 7 heteroatoms. The van der Waals surface area contributed by atoms with Crippen molar-refractivity contribution >= 4 is 17.7 Å². The van der Waals surface area contributed by atoms with Crippen LogP contribution in [0.5, 0.6) is 0 Å². The Hall–Kier alpha value is -1.92. The van der Waals surface area contributed by atoms with Crippen molar-refractivity contribution in [1.82, 2.24) is 9.97 Å². The number of primary amides is 1. The van der Waals surface area contributed by atoms with Crippen LogP contribution in [-0.2, 0) is 4.79 Å². The van der Waals surface area contributed by atoms with Crippen LogP contribution in [0.15, 0.2) is 6.20 Å². The minimum atomic E-state index is -0.783. The second-order valence-corrected chi connectivity index (χ2v) is 4.92. The maximum Gasteiger partial charge on any atom is 0.224 e. The Bertz CT molecular complexity index is 450. The number of hydrogen-bond acceptors (Lipinski definition) is 5. The Kier molecular flexibility index (Phi) is 5.02. The van der Waals surface area contributed by atoms with Gasteiger partial charge in [0.15, 0.2) is 11.6 Å². The van der Waals surface area contributed by atoms with Crippen LogP contribution in [0, 0.1) is 11.2 Å². The van der Waals surface area contributed by atoms with Gasteiger partial charge in [0.05, 0.1) is 11.6 Å². The molecule has 0 radical (unpaired) electrons. The number of hydrogen-bond donors (Lipinski definition) is 3. The Morgan fingerprint density at radius 2 is 2.16 bits per heavy atom. The van der Waals surface area contributed by atoms with Crippen LogP contribution in [0.2, 0.25) is 0 Å². The molecule has 0 saturated carbocycles. The molecule has 0 aliphatic rings. The summed E-state index contributed by atoms with van der Waals surface area (Å²) in [6.45, 7) is 6.27. The average Bonchev–Trinajstić information content (AvgIpc) is 2.36. The highest BCUT2D eigenvalue weighted by Crippen LogP contribution is 2.17. The van der Waals surface area contributed by atoms with Crippen LogP contribution in [0.3, 0.4) is 0 Å². The second-order valence-electron chi connectivity index (χ2n) is 4.92. The fourth-order valence-electron chi connectivity index (χ4n) is 1.20. The highest BCUT2D eigenvalue weighted by Gasteiger charge is 2.25. The number of nitrogens with two attached hydrogens (primary N) is 1. The van der Waals surface area contributed by atoms with Crippen molar-refractivity contribution in [3.63, 3.8) is 0 Å². The first kappa shape index (κ1) is 15.1. The minimum Gasteiger partial charge on any atom is -0.369 e. The van der Waals surface area contributed by atoms with Crippen molar-refractivity contribution in [2.45, 2.75) is 27.2 Å². The van der Waals surface area contributed by atoms with Gasteiger partial charge >= 0.3 is 0 Å². The maximum atomic E-state index is 13.5. The van der Waals surface area contributed by atoms with Gasteiger partial charge in [0.2, 0.25) is 11.9 Å². The molecule has 0 unspecified atom stereocenters. The second kappa shape index (κ2) is 6.31. The summed E-state index contributed by atoms with van der Waals surface area (Å²) in [7, 11) is 0. The fraction of sp³-hybridized carbons (Fsp3) is 0.583. The number of aromatic nitrogens is 2. The third kappa shape index (κ3) is 4.35. The van der Waals surface area contributed by atoms with Crippen LogP contribution < -0.4 is 16.4 Å². The molecule has 1 amide bonds. The van der Waals surface area contributed by atoms with Crippen LogP contribution in [0.25, 0.3) is 0 Å². The van der Waals surface area contributed by atoms with Gasteiger partial charge < -0.3 is 16.4 Å². The van der Waals surface area contributed by atoms with Crippen molar-refractivity contribution in [2.75, 3.05) is 23.7 Å². The third-order valence-corrected chi connectivity index (χ3v) is 2.64. The van der Waals surface area contributed by atoms with E-state index in [0.717, 1.165) is 12.6 Å². The average molecular weight is 269 g/mol. The number of nitrogens with zero attached hydrogens (tertiary/aromatic N) is 2. The first-order valence-corrected chi connectivity index (χ1v) is 6.17. The molecule has 0 saturated heterocycles. The molecule has 4 N–H and O–H groups in total. The Labute approximate surface area is 112 Å². The van der Waals surface area contributed by atoms with Crippen molar-refractivity contribution in [3.05, 3.63) is 12.0 Å². The van der Waals surface area contributed by atoms with Crippen molar-refractivity contribution in [3.8, 4) is 0 Å². The standard InChI is InChI=1S/C12H20FN5O/c1-4-5-15-11-16-6-8(13)9(18-11)17-7-12(2,3)10(14)19/h6H,4-5,7H2,1-3H3,(H2,14,19)(H2,15,16,17,18). The van der Waals surface area contributed by atoms with E-state index in [4.69, 9.17) is 5.73 Å². The summed E-state index contributed by atoms with van der Waals surface area (Å²) >= 11 is 0. The smallest absolute Gasteiger partial charge is 0.224 e. The molecule has 106 valence electrons.